The van der Waals surface area contributed by atoms with E-state index in [1.807, 2.05) is 6.92 Å². The Balaban J connectivity index is 2.87. The number of nitrogens with zero attached hydrogens (tertiary/aromatic N) is 2. The van der Waals surface area contributed by atoms with E-state index in [9.17, 15) is 9.59 Å². The number of hydrogen-bond acceptors (Lipinski definition) is 4. The molecule has 1 aromatic heterocycles. The third-order valence-corrected chi connectivity index (χ3v) is 2.51. The number of carbonyl (C=O) groups is 2. The summed E-state index contributed by atoms with van der Waals surface area (Å²) in [6.45, 7) is 2.03. The van der Waals surface area contributed by atoms with Crippen molar-refractivity contribution in [1.82, 2.24) is 9.78 Å². The Morgan fingerprint density at radius 2 is 2.29 bits per heavy atom. The first kappa shape index (κ1) is 13.2. The molecule has 0 aliphatic heterocycles. The summed E-state index contributed by atoms with van der Waals surface area (Å²) in [5.41, 5.74) is 5.41. The van der Waals surface area contributed by atoms with Crippen LogP contribution in [0.15, 0.2) is 12.4 Å². The SMILES string of the molecule is CCCCC(C(=O)OC)n1cc(C(N)=O)cn1. The summed E-state index contributed by atoms with van der Waals surface area (Å²) >= 11 is 0. The van der Waals surface area contributed by atoms with Crippen molar-refractivity contribution >= 4 is 11.9 Å². The van der Waals surface area contributed by atoms with Crippen LogP contribution in [0.25, 0.3) is 0 Å². The standard InChI is InChI=1S/C11H17N3O3/c1-3-4-5-9(11(16)17-2)14-7-8(6-13-14)10(12)15/h6-7,9H,3-5H2,1-2H3,(H2,12,15). The molecular weight excluding hydrogens is 222 g/mol. The Morgan fingerprint density at radius 1 is 1.59 bits per heavy atom. The zero-order valence-electron chi connectivity index (χ0n) is 10.0. The van der Waals surface area contributed by atoms with Crippen LogP contribution in [0.4, 0.5) is 0 Å². The molecule has 0 radical (unpaired) electrons. The van der Waals surface area contributed by atoms with Crippen molar-refractivity contribution in [2.24, 2.45) is 5.73 Å². The lowest BCUT2D eigenvalue weighted by molar-refractivity contribution is -0.145. The van der Waals surface area contributed by atoms with Crippen LogP contribution in [-0.4, -0.2) is 28.8 Å². The quantitative estimate of drug-likeness (QED) is 0.747. The van der Waals surface area contributed by atoms with Crippen molar-refractivity contribution in [3.05, 3.63) is 18.0 Å². The van der Waals surface area contributed by atoms with Gasteiger partial charge in [0.1, 0.15) is 6.04 Å². The van der Waals surface area contributed by atoms with Gasteiger partial charge in [-0.3, -0.25) is 9.48 Å². The summed E-state index contributed by atoms with van der Waals surface area (Å²) in [6, 6.07) is -0.493. The lowest BCUT2D eigenvalue weighted by Gasteiger charge is -2.14. The summed E-state index contributed by atoms with van der Waals surface area (Å²) in [4.78, 5) is 22.5. The van der Waals surface area contributed by atoms with E-state index in [1.165, 1.54) is 24.2 Å². The van der Waals surface area contributed by atoms with Gasteiger partial charge in [0, 0.05) is 6.20 Å². The fourth-order valence-corrected chi connectivity index (χ4v) is 1.53. The second-order valence-corrected chi connectivity index (χ2v) is 3.75. The number of unbranched alkanes of at least 4 members (excludes halogenated alkanes) is 1. The largest absolute Gasteiger partial charge is 0.467 e. The molecule has 1 amide bonds. The molecule has 1 aromatic rings. The van der Waals surface area contributed by atoms with Crippen molar-refractivity contribution in [2.45, 2.75) is 32.2 Å². The molecule has 0 saturated carbocycles. The van der Waals surface area contributed by atoms with Gasteiger partial charge in [-0.15, -0.1) is 0 Å². The maximum absolute atomic E-state index is 11.6. The minimum absolute atomic E-state index is 0.287. The third kappa shape index (κ3) is 3.30. The van der Waals surface area contributed by atoms with Crippen LogP contribution in [0.3, 0.4) is 0 Å². The summed E-state index contributed by atoms with van der Waals surface area (Å²) in [6.07, 6.45) is 5.30. The Morgan fingerprint density at radius 3 is 2.76 bits per heavy atom. The summed E-state index contributed by atoms with van der Waals surface area (Å²) < 4.78 is 6.15. The second-order valence-electron chi connectivity index (χ2n) is 3.75. The number of rotatable bonds is 6. The molecule has 0 bridgehead atoms. The van der Waals surface area contributed by atoms with Crippen LogP contribution in [0.5, 0.6) is 0 Å². The molecule has 1 rings (SSSR count). The van der Waals surface area contributed by atoms with Crippen molar-refractivity contribution in [3.8, 4) is 0 Å². The molecule has 2 N–H and O–H groups in total. The van der Waals surface area contributed by atoms with E-state index in [0.29, 0.717) is 6.42 Å². The number of nitrogens with two attached hydrogens (primary N) is 1. The van der Waals surface area contributed by atoms with E-state index in [2.05, 4.69) is 5.10 Å². The number of ether oxygens (including phenoxy) is 1. The average Bonchev–Trinajstić information content (AvgIpc) is 2.78. The van der Waals surface area contributed by atoms with Gasteiger partial charge in [-0.05, 0) is 6.42 Å². The Labute approximate surface area is 99.7 Å². The van der Waals surface area contributed by atoms with Gasteiger partial charge < -0.3 is 10.5 Å². The van der Waals surface area contributed by atoms with Crippen molar-refractivity contribution in [3.63, 3.8) is 0 Å². The molecule has 6 heteroatoms. The van der Waals surface area contributed by atoms with Gasteiger partial charge in [0.25, 0.3) is 5.91 Å². The first-order valence-corrected chi connectivity index (χ1v) is 5.52. The number of primary amides is 1. The van der Waals surface area contributed by atoms with Gasteiger partial charge >= 0.3 is 5.97 Å². The van der Waals surface area contributed by atoms with E-state index >= 15 is 0 Å². The predicted octanol–water partition coefficient (Wildman–Crippen LogP) is 0.886. The Hall–Kier alpha value is -1.85. The van der Waals surface area contributed by atoms with Crippen LogP contribution in [0, 0.1) is 0 Å². The molecule has 17 heavy (non-hydrogen) atoms. The number of carbonyl (C=O) groups excluding carboxylic acids is 2. The van der Waals surface area contributed by atoms with Crippen LogP contribution < -0.4 is 5.73 Å². The van der Waals surface area contributed by atoms with Gasteiger partial charge in [-0.25, -0.2) is 4.79 Å². The smallest absolute Gasteiger partial charge is 0.330 e. The average molecular weight is 239 g/mol. The van der Waals surface area contributed by atoms with Crippen LogP contribution in [-0.2, 0) is 9.53 Å². The molecule has 94 valence electrons. The van der Waals surface area contributed by atoms with Gasteiger partial charge in [0.2, 0.25) is 0 Å². The maximum atomic E-state index is 11.6. The van der Waals surface area contributed by atoms with E-state index in [0.717, 1.165) is 12.8 Å². The fourth-order valence-electron chi connectivity index (χ4n) is 1.53. The fraction of sp³-hybridized carbons (Fsp3) is 0.545. The third-order valence-electron chi connectivity index (χ3n) is 2.51. The number of aromatic nitrogens is 2. The number of esters is 1. The highest BCUT2D eigenvalue weighted by molar-refractivity contribution is 5.92. The minimum atomic E-state index is -0.560. The van der Waals surface area contributed by atoms with Crippen LogP contribution >= 0.6 is 0 Å². The molecule has 0 fully saturated rings. The highest BCUT2D eigenvalue weighted by Gasteiger charge is 2.22. The van der Waals surface area contributed by atoms with Gasteiger partial charge in [0.15, 0.2) is 0 Å². The lowest BCUT2D eigenvalue weighted by atomic mass is 10.1. The molecule has 1 unspecified atom stereocenters. The van der Waals surface area contributed by atoms with Crippen molar-refractivity contribution < 1.29 is 14.3 Å². The molecule has 1 atom stereocenters. The number of amides is 1. The van der Waals surface area contributed by atoms with Gasteiger partial charge in [-0.1, -0.05) is 19.8 Å². The number of hydrogen-bond donors (Lipinski definition) is 1. The van der Waals surface area contributed by atoms with E-state index in [4.69, 9.17) is 10.5 Å². The lowest BCUT2D eigenvalue weighted by Crippen LogP contribution is -2.21. The molecular formula is C11H17N3O3. The normalized spacial score (nSPS) is 12.1. The molecule has 0 saturated heterocycles. The summed E-state index contributed by atoms with van der Waals surface area (Å²) in [7, 11) is 1.33. The molecule has 0 aliphatic rings. The van der Waals surface area contributed by atoms with Crippen molar-refractivity contribution in [2.75, 3.05) is 7.11 Å². The zero-order valence-corrected chi connectivity index (χ0v) is 10.0. The van der Waals surface area contributed by atoms with Crippen molar-refractivity contribution in [1.29, 1.82) is 0 Å². The zero-order chi connectivity index (χ0) is 12.8. The molecule has 0 spiro atoms. The summed E-state index contributed by atoms with van der Waals surface area (Å²) in [5, 5.41) is 3.97. The molecule has 0 aromatic carbocycles. The number of methoxy groups -OCH3 is 1. The Bertz CT molecular complexity index is 400. The van der Waals surface area contributed by atoms with Gasteiger partial charge in [0.05, 0.1) is 18.9 Å². The molecule has 0 aliphatic carbocycles. The highest BCUT2D eigenvalue weighted by Crippen LogP contribution is 2.16. The van der Waals surface area contributed by atoms with E-state index in [-0.39, 0.29) is 11.5 Å². The topological polar surface area (TPSA) is 87.2 Å². The van der Waals surface area contributed by atoms with Gasteiger partial charge in [-0.2, -0.15) is 5.10 Å². The Kier molecular flexibility index (Phi) is 4.68. The van der Waals surface area contributed by atoms with Crippen LogP contribution in [0.1, 0.15) is 42.6 Å². The monoisotopic (exact) mass is 239 g/mol. The second kappa shape index (κ2) is 6.03. The van der Waals surface area contributed by atoms with Crippen LogP contribution in [0.2, 0.25) is 0 Å². The predicted molar refractivity (Wildman–Crippen MR) is 61.3 cm³/mol. The molecule has 1 heterocycles. The highest BCUT2D eigenvalue weighted by atomic mass is 16.5. The molecule has 6 nitrogen and oxygen atoms in total. The van der Waals surface area contributed by atoms with E-state index < -0.39 is 11.9 Å². The van der Waals surface area contributed by atoms with E-state index in [1.54, 1.807) is 0 Å². The first-order valence-electron chi connectivity index (χ1n) is 5.52. The maximum Gasteiger partial charge on any atom is 0.330 e. The first-order chi connectivity index (χ1) is 8.10. The minimum Gasteiger partial charge on any atom is -0.467 e. The summed E-state index contributed by atoms with van der Waals surface area (Å²) in [5.74, 6) is -0.923.